The molecule has 2 N–H and O–H groups in total. The number of aromatic nitrogens is 5. The van der Waals surface area contributed by atoms with Crippen molar-refractivity contribution in [1.82, 2.24) is 24.6 Å². The van der Waals surface area contributed by atoms with Gasteiger partial charge in [-0.3, -0.25) is 0 Å². The molecule has 0 aromatic carbocycles. The van der Waals surface area contributed by atoms with E-state index in [1.54, 1.807) is 12.5 Å². The first-order valence-electron chi connectivity index (χ1n) is 10.1. The summed E-state index contributed by atoms with van der Waals surface area (Å²) in [5.74, 6) is 2.07. The molecule has 3 aromatic rings. The van der Waals surface area contributed by atoms with Crippen LogP contribution in [0.1, 0.15) is 39.0 Å². The number of rotatable bonds is 3. The van der Waals surface area contributed by atoms with Gasteiger partial charge >= 0.3 is 0 Å². The fraction of sp³-hybridized carbons (Fsp3) is 0.500. The molecule has 2 aliphatic rings. The molecule has 9 heteroatoms. The van der Waals surface area contributed by atoms with Crippen LogP contribution < -0.4 is 10.6 Å². The molecule has 152 valence electrons. The lowest BCUT2D eigenvalue weighted by Crippen LogP contribution is -2.42. The Hall–Kier alpha value is -2.06. The smallest absolute Gasteiger partial charge is 0.212 e. The zero-order chi connectivity index (χ0) is 20.0. The van der Waals surface area contributed by atoms with E-state index < -0.39 is 0 Å². The summed E-state index contributed by atoms with van der Waals surface area (Å²) in [7, 11) is 0. The Kier molecular flexibility index (Phi) is 4.78. The summed E-state index contributed by atoms with van der Waals surface area (Å²) in [6.07, 6.45) is 11.9. The molecule has 1 aliphatic heterocycles. The van der Waals surface area contributed by atoms with E-state index in [9.17, 15) is 0 Å². The predicted octanol–water partition coefficient (Wildman–Crippen LogP) is 4.31. The van der Waals surface area contributed by atoms with E-state index >= 15 is 0 Å². The highest BCUT2D eigenvalue weighted by atomic mass is 35.5. The maximum atomic E-state index is 6.31. The Morgan fingerprint density at radius 3 is 2.79 bits per heavy atom. The molecule has 0 amide bonds. The number of nitrogen functional groups attached to an aromatic ring is 1. The van der Waals surface area contributed by atoms with E-state index in [1.807, 2.05) is 16.7 Å². The van der Waals surface area contributed by atoms with Gasteiger partial charge in [-0.05, 0) is 36.7 Å². The summed E-state index contributed by atoms with van der Waals surface area (Å²) in [4.78, 5) is 12.9. The van der Waals surface area contributed by atoms with E-state index in [0.717, 1.165) is 40.4 Å². The van der Waals surface area contributed by atoms with E-state index in [-0.39, 0.29) is 0 Å². The molecule has 5 rings (SSSR count). The Bertz CT molecular complexity index is 1040. The molecule has 29 heavy (non-hydrogen) atoms. The first-order chi connectivity index (χ1) is 14.1. The molecule has 1 aliphatic carbocycles. The van der Waals surface area contributed by atoms with Gasteiger partial charge in [0, 0.05) is 30.4 Å². The predicted molar refractivity (Wildman–Crippen MR) is 115 cm³/mol. The van der Waals surface area contributed by atoms with Crippen LogP contribution in [0.3, 0.4) is 0 Å². The molecular formula is C20H24ClN7S. The SMILES string of the molecule is C[C@@H]1CCCC12CCN(c1ncc(Sc3ccnc(N)c3Cl)c3nncn13)CC2. The third-order valence-corrected chi connectivity index (χ3v) is 8.36. The number of hydrogen-bond acceptors (Lipinski definition) is 7. The lowest BCUT2D eigenvalue weighted by Gasteiger charge is -2.42. The minimum Gasteiger partial charge on any atom is -0.382 e. The Balaban J connectivity index is 1.42. The fourth-order valence-corrected chi connectivity index (χ4v) is 6.06. The Labute approximate surface area is 179 Å². The van der Waals surface area contributed by atoms with Crippen molar-refractivity contribution >= 4 is 40.8 Å². The minimum absolute atomic E-state index is 0.321. The summed E-state index contributed by atoms with van der Waals surface area (Å²) in [5, 5.41) is 8.94. The maximum Gasteiger partial charge on any atom is 0.212 e. The quantitative estimate of drug-likeness (QED) is 0.663. The van der Waals surface area contributed by atoms with Crippen molar-refractivity contribution in [3.8, 4) is 0 Å². The maximum absolute atomic E-state index is 6.31. The summed E-state index contributed by atoms with van der Waals surface area (Å²) in [5.41, 5.74) is 7.15. The van der Waals surface area contributed by atoms with Crippen LogP contribution in [-0.4, -0.2) is 37.7 Å². The van der Waals surface area contributed by atoms with Crippen LogP contribution >= 0.6 is 23.4 Å². The third-order valence-electron chi connectivity index (χ3n) is 6.78. The molecule has 1 saturated heterocycles. The van der Waals surface area contributed by atoms with Crippen molar-refractivity contribution in [1.29, 1.82) is 0 Å². The van der Waals surface area contributed by atoms with Crippen molar-refractivity contribution in [2.45, 2.75) is 48.8 Å². The van der Waals surface area contributed by atoms with E-state index in [0.29, 0.717) is 16.3 Å². The van der Waals surface area contributed by atoms with Gasteiger partial charge in [0.15, 0.2) is 5.65 Å². The summed E-state index contributed by atoms with van der Waals surface area (Å²) < 4.78 is 1.98. The number of nitrogens with zero attached hydrogens (tertiary/aromatic N) is 6. The highest BCUT2D eigenvalue weighted by molar-refractivity contribution is 7.99. The van der Waals surface area contributed by atoms with Gasteiger partial charge in [-0.1, -0.05) is 43.1 Å². The molecule has 7 nitrogen and oxygen atoms in total. The lowest BCUT2D eigenvalue weighted by atomic mass is 9.71. The molecule has 4 heterocycles. The summed E-state index contributed by atoms with van der Waals surface area (Å²) in [6, 6.07) is 1.84. The normalized spacial score (nSPS) is 21.3. The third kappa shape index (κ3) is 3.22. The molecule has 3 aromatic heterocycles. The zero-order valence-electron chi connectivity index (χ0n) is 16.4. The van der Waals surface area contributed by atoms with Crippen LogP contribution in [0.2, 0.25) is 5.02 Å². The van der Waals surface area contributed by atoms with Crippen LogP contribution in [0, 0.1) is 11.3 Å². The zero-order valence-corrected chi connectivity index (χ0v) is 18.0. The Morgan fingerprint density at radius 1 is 1.21 bits per heavy atom. The fourth-order valence-electron chi connectivity index (χ4n) is 4.94. The number of piperidine rings is 1. The number of pyridine rings is 1. The lowest BCUT2D eigenvalue weighted by molar-refractivity contribution is 0.161. The van der Waals surface area contributed by atoms with Crippen LogP contribution in [0.25, 0.3) is 5.65 Å². The highest BCUT2D eigenvalue weighted by Crippen LogP contribution is 2.50. The first-order valence-corrected chi connectivity index (χ1v) is 11.3. The number of halogens is 1. The van der Waals surface area contributed by atoms with Crippen LogP contribution in [0.4, 0.5) is 11.8 Å². The average Bonchev–Trinajstić information content (AvgIpc) is 3.35. The molecule has 1 saturated carbocycles. The molecule has 1 atom stereocenters. The monoisotopic (exact) mass is 429 g/mol. The molecule has 0 bridgehead atoms. The number of hydrogen-bond donors (Lipinski definition) is 1. The van der Waals surface area contributed by atoms with Crippen LogP contribution in [0.5, 0.6) is 0 Å². The largest absolute Gasteiger partial charge is 0.382 e. The van der Waals surface area contributed by atoms with Gasteiger partial charge in [-0.2, -0.15) is 0 Å². The summed E-state index contributed by atoms with van der Waals surface area (Å²) >= 11 is 7.79. The van der Waals surface area contributed by atoms with Gasteiger partial charge in [-0.15, -0.1) is 10.2 Å². The van der Waals surface area contributed by atoms with Crippen molar-refractivity contribution in [3.05, 3.63) is 29.8 Å². The molecule has 2 fully saturated rings. The first kappa shape index (κ1) is 18.9. The molecule has 0 radical (unpaired) electrons. The molecular weight excluding hydrogens is 406 g/mol. The van der Waals surface area contributed by atoms with Crippen molar-refractivity contribution in [2.24, 2.45) is 11.3 Å². The Morgan fingerprint density at radius 2 is 2.03 bits per heavy atom. The van der Waals surface area contributed by atoms with Gasteiger partial charge in [0.05, 0.1) is 9.92 Å². The van der Waals surface area contributed by atoms with E-state index in [2.05, 4.69) is 27.0 Å². The van der Waals surface area contributed by atoms with Crippen LogP contribution in [0.15, 0.2) is 34.6 Å². The van der Waals surface area contributed by atoms with E-state index in [1.165, 1.54) is 43.9 Å². The van der Waals surface area contributed by atoms with Crippen molar-refractivity contribution in [2.75, 3.05) is 23.7 Å². The average molecular weight is 430 g/mol. The number of anilines is 2. The van der Waals surface area contributed by atoms with E-state index in [4.69, 9.17) is 22.3 Å². The van der Waals surface area contributed by atoms with Gasteiger partial charge in [0.1, 0.15) is 12.1 Å². The number of nitrogens with two attached hydrogens (primary N) is 1. The van der Waals surface area contributed by atoms with Gasteiger partial charge in [0.25, 0.3) is 0 Å². The molecule has 0 unspecified atom stereocenters. The second-order valence-corrected chi connectivity index (χ2v) is 9.66. The van der Waals surface area contributed by atoms with Gasteiger partial charge in [0.2, 0.25) is 5.95 Å². The second kappa shape index (κ2) is 7.32. The van der Waals surface area contributed by atoms with Crippen molar-refractivity contribution in [3.63, 3.8) is 0 Å². The highest BCUT2D eigenvalue weighted by Gasteiger charge is 2.42. The van der Waals surface area contributed by atoms with Crippen LogP contribution in [-0.2, 0) is 0 Å². The summed E-state index contributed by atoms with van der Waals surface area (Å²) in [6.45, 7) is 4.50. The topological polar surface area (TPSA) is 85.2 Å². The molecule has 1 spiro atoms. The van der Waals surface area contributed by atoms with Crippen molar-refractivity contribution < 1.29 is 0 Å². The van der Waals surface area contributed by atoms with Gasteiger partial charge < -0.3 is 10.6 Å². The number of fused-ring (bicyclic) bond motifs is 1. The minimum atomic E-state index is 0.321. The second-order valence-electron chi connectivity index (χ2n) is 8.20. The standard InChI is InChI=1S/C20H24ClN7S/c1-13-3-2-5-20(13)6-9-27(10-7-20)19-24-11-15(18-26-25-12-28(18)19)29-14-4-8-23-17(22)16(14)21/h4,8,11-13H,2-3,5-7,9-10H2,1H3,(H2,22,23)/t13-/m1/s1. The van der Waals surface area contributed by atoms with Gasteiger partial charge in [-0.25, -0.2) is 14.4 Å².